The van der Waals surface area contributed by atoms with Gasteiger partial charge < -0.3 is 19.7 Å². The highest BCUT2D eigenvalue weighted by Gasteiger charge is 2.29. The quantitative estimate of drug-likeness (QED) is 0.843. The highest BCUT2D eigenvalue weighted by atomic mass is 16.5. The third-order valence-corrected chi connectivity index (χ3v) is 3.71. The van der Waals surface area contributed by atoms with Gasteiger partial charge in [-0.15, -0.1) is 0 Å². The second-order valence-corrected chi connectivity index (χ2v) is 5.12. The van der Waals surface area contributed by atoms with Gasteiger partial charge in [-0.25, -0.2) is 0 Å². The normalized spacial score (nSPS) is 32.8. The van der Waals surface area contributed by atoms with Gasteiger partial charge in [-0.2, -0.15) is 4.98 Å². The zero-order chi connectivity index (χ0) is 12.4. The third-order valence-electron chi connectivity index (χ3n) is 3.71. The summed E-state index contributed by atoms with van der Waals surface area (Å²) in [5, 5.41) is 4.04. The first-order valence-corrected chi connectivity index (χ1v) is 6.56. The van der Waals surface area contributed by atoms with Crippen molar-refractivity contribution in [2.75, 3.05) is 26.4 Å². The van der Waals surface area contributed by atoms with Crippen molar-refractivity contribution in [3.05, 3.63) is 11.7 Å². The summed E-state index contributed by atoms with van der Waals surface area (Å²) < 4.78 is 16.1. The minimum Gasteiger partial charge on any atom is -0.381 e. The molecule has 2 fully saturated rings. The molecular weight excluding hydrogens is 234 g/mol. The van der Waals surface area contributed by atoms with Crippen molar-refractivity contribution in [2.24, 2.45) is 11.7 Å². The molecule has 1 aromatic rings. The molecule has 0 aliphatic carbocycles. The third kappa shape index (κ3) is 2.55. The zero-order valence-electron chi connectivity index (χ0n) is 10.4. The van der Waals surface area contributed by atoms with Crippen molar-refractivity contribution < 1.29 is 14.0 Å². The molecule has 0 aromatic carbocycles. The lowest BCUT2D eigenvalue weighted by Crippen LogP contribution is -2.37. The van der Waals surface area contributed by atoms with Gasteiger partial charge >= 0.3 is 0 Å². The first-order chi connectivity index (χ1) is 8.83. The van der Waals surface area contributed by atoms with Crippen LogP contribution in [0.15, 0.2) is 4.52 Å². The molecule has 0 spiro atoms. The summed E-state index contributed by atoms with van der Waals surface area (Å²) in [4.78, 5) is 4.45. The van der Waals surface area contributed by atoms with Crippen molar-refractivity contribution in [2.45, 2.75) is 31.2 Å². The summed E-state index contributed by atoms with van der Waals surface area (Å²) in [5.41, 5.74) is 6.06. The van der Waals surface area contributed by atoms with Crippen LogP contribution >= 0.6 is 0 Å². The van der Waals surface area contributed by atoms with E-state index in [4.69, 9.17) is 19.7 Å². The Kier molecular flexibility index (Phi) is 3.58. The second-order valence-electron chi connectivity index (χ2n) is 5.12. The fourth-order valence-electron chi connectivity index (χ4n) is 2.51. The number of aromatic nitrogens is 2. The standard InChI is InChI=1S/C12H19N3O3/c13-10-2-4-17-7-9(10)12-14-11(15-18-12)5-8-1-3-16-6-8/h8-10H,1-7,13H2. The van der Waals surface area contributed by atoms with Crippen LogP contribution in [-0.4, -0.2) is 42.6 Å². The van der Waals surface area contributed by atoms with Crippen LogP contribution in [0.2, 0.25) is 0 Å². The lowest BCUT2D eigenvalue weighted by molar-refractivity contribution is 0.0590. The Balaban J connectivity index is 1.64. The van der Waals surface area contributed by atoms with Crippen LogP contribution < -0.4 is 5.73 Å². The molecule has 3 heterocycles. The van der Waals surface area contributed by atoms with E-state index in [1.165, 1.54) is 0 Å². The number of nitrogens with zero attached hydrogens (tertiary/aromatic N) is 2. The average Bonchev–Trinajstić information content (AvgIpc) is 3.02. The van der Waals surface area contributed by atoms with Gasteiger partial charge in [0.2, 0.25) is 5.89 Å². The van der Waals surface area contributed by atoms with Gasteiger partial charge in [-0.3, -0.25) is 0 Å². The van der Waals surface area contributed by atoms with Crippen molar-refractivity contribution in [1.29, 1.82) is 0 Å². The molecule has 100 valence electrons. The van der Waals surface area contributed by atoms with Crippen LogP contribution in [0.25, 0.3) is 0 Å². The first kappa shape index (κ1) is 12.1. The van der Waals surface area contributed by atoms with Crippen molar-refractivity contribution in [1.82, 2.24) is 10.1 Å². The summed E-state index contributed by atoms with van der Waals surface area (Å²) in [5.74, 6) is 1.95. The predicted molar refractivity (Wildman–Crippen MR) is 63.1 cm³/mol. The summed E-state index contributed by atoms with van der Waals surface area (Å²) in [6.45, 7) is 2.94. The smallest absolute Gasteiger partial charge is 0.233 e. The van der Waals surface area contributed by atoms with Crippen molar-refractivity contribution in [3.63, 3.8) is 0 Å². The lowest BCUT2D eigenvalue weighted by atomic mass is 9.97. The molecule has 2 aliphatic rings. The maximum absolute atomic E-state index is 6.06. The molecule has 0 amide bonds. The van der Waals surface area contributed by atoms with E-state index in [9.17, 15) is 0 Å². The summed E-state index contributed by atoms with van der Waals surface area (Å²) in [6, 6.07) is 0.0573. The SMILES string of the molecule is NC1CCOCC1c1nc(CC2CCOC2)no1. The highest BCUT2D eigenvalue weighted by Crippen LogP contribution is 2.24. The Morgan fingerprint density at radius 2 is 2.00 bits per heavy atom. The molecule has 2 N–H and O–H groups in total. The van der Waals surface area contributed by atoms with E-state index in [-0.39, 0.29) is 12.0 Å². The predicted octanol–water partition coefficient (Wildman–Crippen LogP) is 0.480. The molecule has 6 nitrogen and oxygen atoms in total. The van der Waals surface area contributed by atoms with E-state index in [1.54, 1.807) is 0 Å². The van der Waals surface area contributed by atoms with E-state index in [2.05, 4.69) is 10.1 Å². The molecule has 2 aliphatic heterocycles. The minimum absolute atomic E-state index is 0.0415. The number of hydrogen-bond acceptors (Lipinski definition) is 6. The van der Waals surface area contributed by atoms with E-state index in [0.29, 0.717) is 18.4 Å². The van der Waals surface area contributed by atoms with E-state index < -0.39 is 0 Å². The van der Waals surface area contributed by atoms with Gasteiger partial charge in [-0.1, -0.05) is 5.16 Å². The molecule has 0 saturated carbocycles. The lowest BCUT2D eigenvalue weighted by Gasteiger charge is -2.25. The Morgan fingerprint density at radius 3 is 2.78 bits per heavy atom. The molecular formula is C12H19N3O3. The topological polar surface area (TPSA) is 83.4 Å². The first-order valence-electron chi connectivity index (χ1n) is 6.56. The van der Waals surface area contributed by atoms with Gasteiger partial charge in [0.15, 0.2) is 5.82 Å². The molecule has 1 aromatic heterocycles. The zero-order valence-corrected chi connectivity index (χ0v) is 10.4. The fraction of sp³-hybridized carbons (Fsp3) is 0.833. The van der Waals surface area contributed by atoms with E-state index in [0.717, 1.165) is 44.9 Å². The number of nitrogens with two attached hydrogens (primary N) is 1. The van der Waals surface area contributed by atoms with Crippen LogP contribution in [0.1, 0.15) is 30.5 Å². The number of rotatable bonds is 3. The van der Waals surface area contributed by atoms with Crippen LogP contribution in [0.5, 0.6) is 0 Å². The van der Waals surface area contributed by atoms with Crippen LogP contribution in [0.4, 0.5) is 0 Å². The molecule has 3 atom stereocenters. The summed E-state index contributed by atoms with van der Waals surface area (Å²) in [7, 11) is 0. The Hall–Kier alpha value is -0.980. The number of hydrogen-bond donors (Lipinski definition) is 1. The summed E-state index contributed by atoms with van der Waals surface area (Å²) >= 11 is 0. The maximum Gasteiger partial charge on any atom is 0.233 e. The largest absolute Gasteiger partial charge is 0.381 e. The molecule has 0 bridgehead atoms. The molecule has 3 unspecified atom stereocenters. The van der Waals surface area contributed by atoms with Gasteiger partial charge in [0, 0.05) is 32.3 Å². The number of ether oxygens (including phenoxy) is 2. The second kappa shape index (κ2) is 5.34. The molecule has 6 heteroatoms. The maximum atomic E-state index is 6.06. The Bertz CT molecular complexity index is 390. The van der Waals surface area contributed by atoms with Gasteiger partial charge in [0.05, 0.1) is 12.5 Å². The van der Waals surface area contributed by atoms with Gasteiger partial charge in [-0.05, 0) is 18.8 Å². The van der Waals surface area contributed by atoms with Gasteiger partial charge in [0.25, 0.3) is 0 Å². The van der Waals surface area contributed by atoms with Crippen LogP contribution in [0, 0.1) is 5.92 Å². The van der Waals surface area contributed by atoms with Crippen LogP contribution in [-0.2, 0) is 15.9 Å². The average molecular weight is 253 g/mol. The van der Waals surface area contributed by atoms with E-state index in [1.807, 2.05) is 0 Å². The molecule has 0 radical (unpaired) electrons. The van der Waals surface area contributed by atoms with E-state index >= 15 is 0 Å². The van der Waals surface area contributed by atoms with Crippen molar-refractivity contribution >= 4 is 0 Å². The minimum atomic E-state index is 0.0415. The fourth-order valence-corrected chi connectivity index (χ4v) is 2.51. The van der Waals surface area contributed by atoms with Crippen LogP contribution in [0.3, 0.4) is 0 Å². The summed E-state index contributed by atoms with van der Waals surface area (Å²) in [6.07, 6.45) is 2.75. The monoisotopic (exact) mass is 253 g/mol. The molecule has 3 rings (SSSR count). The molecule has 2 saturated heterocycles. The molecule has 18 heavy (non-hydrogen) atoms. The van der Waals surface area contributed by atoms with Gasteiger partial charge in [0.1, 0.15) is 0 Å². The highest BCUT2D eigenvalue weighted by molar-refractivity contribution is 5.01. The Labute approximate surface area is 106 Å². The Morgan fingerprint density at radius 1 is 1.17 bits per heavy atom. The van der Waals surface area contributed by atoms with Crippen molar-refractivity contribution in [3.8, 4) is 0 Å².